The number of rotatable bonds is 5. The molecule has 3 nitrogen and oxygen atoms in total. The van der Waals surface area contributed by atoms with Crippen molar-refractivity contribution in [1.82, 2.24) is 5.32 Å². The van der Waals surface area contributed by atoms with E-state index >= 15 is 0 Å². The molecule has 0 atom stereocenters. The molecule has 2 fully saturated rings. The summed E-state index contributed by atoms with van der Waals surface area (Å²) in [5.41, 5.74) is 1.35. The van der Waals surface area contributed by atoms with Gasteiger partial charge in [-0.2, -0.15) is 0 Å². The van der Waals surface area contributed by atoms with Crippen molar-refractivity contribution in [2.24, 2.45) is 5.92 Å². The number of ether oxygens (including phenoxy) is 1. The quantitative estimate of drug-likeness (QED) is 0.901. The van der Waals surface area contributed by atoms with E-state index in [1.54, 1.807) is 7.11 Å². The van der Waals surface area contributed by atoms with Crippen molar-refractivity contribution in [2.75, 3.05) is 13.7 Å². The highest BCUT2D eigenvalue weighted by Crippen LogP contribution is 2.50. The Morgan fingerprint density at radius 2 is 1.95 bits per heavy atom. The Balaban J connectivity index is 1.63. The topological polar surface area (TPSA) is 38.3 Å². The molecule has 1 aromatic rings. The summed E-state index contributed by atoms with van der Waals surface area (Å²) in [6.45, 7) is 0.753. The molecule has 0 heterocycles. The van der Waals surface area contributed by atoms with Gasteiger partial charge in [0.2, 0.25) is 5.91 Å². The molecule has 3 heteroatoms. The molecule has 0 unspecified atom stereocenters. The van der Waals surface area contributed by atoms with Crippen molar-refractivity contribution < 1.29 is 9.53 Å². The molecule has 0 radical (unpaired) electrons. The van der Waals surface area contributed by atoms with Crippen LogP contribution in [0.3, 0.4) is 0 Å². The number of para-hydroxylation sites is 1. The molecule has 0 bridgehead atoms. The van der Waals surface area contributed by atoms with E-state index in [0.29, 0.717) is 0 Å². The van der Waals surface area contributed by atoms with E-state index in [-0.39, 0.29) is 17.2 Å². The first kappa shape index (κ1) is 14.4. The van der Waals surface area contributed by atoms with Gasteiger partial charge in [-0.1, -0.05) is 37.5 Å². The van der Waals surface area contributed by atoms with Crippen LogP contribution in [0.4, 0.5) is 0 Å². The molecular weight excluding hydrogens is 262 g/mol. The van der Waals surface area contributed by atoms with Gasteiger partial charge in [-0.25, -0.2) is 0 Å². The van der Waals surface area contributed by atoms with Gasteiger partial charge in [0, 0.05) is 23.4 Å². The van der Waals surface area contributed by atoms with E-state index in [1.165, 1.54) is 24.8 Å². The molecule has 1 amide bonds. The Kier molecular flexibility index (Phi) is 4.18. The van der Waals surface area contributed by atoms with Crippen molar-refractivity contribution in [1.29, 1.82) is 0 Å². The molecule has 2 saturated carbocycles. The second-order valence-corrected chi connectivity index (χ2v) is 6.53. The first-order chi connectivity index (χ1) is 10.2. The minimum absolute atomic E-state index is 0.108. The minimum Gasteiger partial charge on any atom is -0.496 e. The molecule has 2 aliphatic carbocycles. The summed E-state index contributed by atoms with van der Waals surface area (Å²) in [5.74, 6) is 1.45. The Bertz CT molecular complexity index is 502. The van der Waals surface area contributed by atoms with Crippen LogP contribution < -0.4 is 10.1 Å². The third-order valence-electron chi connectivity index (χ3n) is 5.11. The van der Waals surface area contributed by atoms with Gasteiger partial charge in [-0.15, -0.1) is 0 Å². The van der Waals surface area contributed by atoms with Crippen molar-refractivity contribution in [3.63, 3.8) is 0 Å². The van der Waals surface area contributed by atoms with Gasteiger partial charge in [-0.05, 0) is 31.7 Å². The number of methoxy groups -OCH3 is 1. The van der Waals surface area contributed by atoms with Gasteiger partial charge < -0.3 is 10.1 Å². The van der Waals surface area contributed by atoms with Crippen LogP contribution in [0.15, 0.2) is 24.3 Å². The zero-order chi connectivity index (χ0) is 14.7. The molecule has 1 aromatic carbocycles. The van der Waals surface area contributed by atoms with Crippen LogP contribution in [-0.2, 0) is 10.2 Å². The fraction of sp³-hybridized carbons (Fsp3) is 0.611. The number of carbonyl (C=O) groups excluding carboxylic acids is 1. The third-order valence-corrected chi connectivity index (χ3v) is 5.11. The average molecular weight is 287 g/mol. The van der Waals surface area contributed by atoms with Crippen LogP contribution in [0.1, 0.15) is 50.5 Å². The smallest absolute Gasteiger partial charge is 0.223 e. The van der Waals surface area contributed by atoms with Gasteiger partial charge in [0.05, 0.1) is 7.11 Å². The summed E-state index contributed by atoms with van der Waals surface area (Å²) < 4.78 is 5.48. The van der Waals surface area contributed by atoms with Gasteiger partial charge in [0.1, 0.15) is 5.75 Å². The molecule has 0 aliphatic heterocycles. The molecular formula is C18H25NO2. The maximum atomic E-state index is 12.3. The SMILES string of the molecule is COc1ccccc1C1(CNC(=O)C2CCCCC2)CC1. The fourth-order valence-corrected chi connectivity index (χ4v) is 3.54. The van der Waals surface area contributed by atoms with E-state index < -0.39 is 0 Å². The van der Waals surface area contributed by atoms with Crippen molar-refractivity contribution in [3.05, 3.63) is 29.8 Å². The lowest BCUT2D eigenvalue weighted by Gasteiger charge is -2.24. The number of amides is 1. The van der Waals surface area contributed by atoms with Crippen LogP contribution in [0, 0.1) is 5.92 Å². The minimum atomic E-state index is 0.108. The number of nitrogens with one attached hydrogen (secondary N) is 1. The van der Waals surface area contributed by atoms with E-state index in [1.807, 2.05) is 12.1 Å². The van der Waals surface area contributed by atoms with Gasteiger partial charge >= 0.3 is 0 Å². The zero-order valence-electron chi connectivity index (χ0n) is 12.9. The van der Waals surface area contributed by atoms with Gasteiger partial charge in [0.25, 0.3) is 0 Å². The molecule has 0 saturated heterocycles. The lowest BCUT2D eigenvalue weighted by Crippen LogP contribution is -2.37. The van der Waals surface area contributed by atoms with E-state index in [0.717, 1.165) is 38.0 Å². The van der Waals surface area contributed by atoms with Crippen LogP contribution >= 0.6 is 0 Å². The Morgan fingerprint density at radius 1 is 1.24 bits per heavy atom. The molecule has 0 aromatic heterocycles. The highest BCUT2D eigenvalue weighted by Gasteiger charge is 2.46. The third kappa shape index (κ3) is 3.07. The highest BCUT2D eigenvalue weighted by atomic mass is 16.5. The van der Waals surface area contributed by atoms with E-state index in [4.69, 9.17) is 4.74 Å². The molecule has 2 aliphatic rings. The monoisotopic (exact) mass is 287 g/mol. The molecule has 1 N–H and O–H groups in total. The van der Waals surface area contributed by atoms with Crippen LogP contribution in [-0.4, -0.2) is 19.6 Å². The highest BCUT2D eigenvalue weighted by molar-refractivity contribution is 5.79. The van der Waals surface area contributed by atoms with Crippen molar-refractivity contribution >= 4 is 5.91 Å². The van der Waals surface area contributed by atoms with Crippen LogP contribution in [0.25, 0.3) is 0 Å². The maximum absolute atomic E-state index is 12.3. The largest absolute Gasteiger partial charge is 0.496 e. The number of benzene rings is 1. The van der Waals surface area contributed by atoms with Gasteiger partial charge in [0.15, 0.2) is 0 Å². The summed E-state index contributed by atoms with van der Waals surface area (Å²) in [5, 5.41) is 3.21. The molecule has 3 rings (SSSR count). The second kappa shape index (κ2) is 6.08. The number of carbonyl (C=O) groups is 1. The maximum Gasteiger partial charge on any atom is 0.223 e. The average Bonchev–Trinajstić information content (AvgIpc) is 3.34. The van der Waals surface area contributed by atoms with Crippen LogP contribution in [0.2, 0.25) is 0 Å². The summed E-state index contributed by atoms with van der Waals surface area (Å²) in [4.78, 5) is 12.3. The standard InChI is InChI=1S/C18H25NO2/c1-21-16-10-6-5-9-15(16)18(11-12-18)13-19-17(20)14-7-3-2-4-8-14/h5-6,9-10,14H,2-4,7-8,11-13H2,1H3,(H,19,20). The Morgan fingerprint density at radius 3 is 2.62 bits per heavy atom. The first-order valence-electron chi connectivity index (χ1n) is 8.16. The lowest BCUT2D eigenvalue weighted by molar-refractivity contribution is -0.126. The summed E-state index contributed by atoms with van der Waals surface area (Å²) >= 11 is 0. The van der Waals surface area contributed by atoms with Crippen molar-refractivity contribution in [2.45, 2.75) is 50.4 Å². The predicted molar refractivity (Wildman–Crippen MR) is 83.5 cm³/mol. The Labute approximate surface area is 127 Å². The lowest BCUT2D eigenvalue weighted by atomic mass is 9.88. The van der Waals surface area contributed by atoms with Crippen molar-refractivity contribution in [3.8, 4) is 5.75 Å². The van der Waals surface area contributed by atoms with E-state index in [9.17, 15) is 4.79 Å². The molecule has 21 heavy (non-hydrogen) atoms. The summed E-state index contributed by atoms with van der Waals surface area (Å²) in [7, 11) is 1.72. The molecule has 0 spiro atoms. The number of hydrogen-bond acceptors (Lipinski definition) is 2. The van der Waals surface area contributed by atoms with Gasteiger partial charge in [-0.3, -0.25) is 4.79 Å². The summed E-state index contributed by atoms with van der Waals surface area (Å²) in [6.07, 6.45) is 8.10. The summed E-state index contributed by atoms with van der Waals surface area (Å²) in [6, 6.07) is 8.21. The second-order valence-electron chi connectivity index (χ2n) is 6.53. The van der Waals surface area contributed by atoms with E-state index in [2.05, 4.69) is 17.4 Å². The normalized spacial score (nSPS) is 20.8. The Hall–Kier alpha value is -1.51. The van der Waals surface area contributed by atoms with Crippen LogP contribution in [0.5, 0.6) is 5.75 Å². The molecule has 114 valence electrons. The zero-order valence-corrected chi connectivity index (χ0v) is 12.9. The number of hydrogen-bond donors (Lipinski definition) is 1. The first-order valence-corrected chi connectivity index (χ1v) is 8.16. The fourth-order valence-electron chi connectivity index (χ4n) is 3.54. The predicted octanol–water partition coefficient (Wildman–Crippen LogP) is 3.42.